The Morgan fingerprint density at radius 3 is 2.84 bits per heavy atom. The molecule has 1 aromatic carbocycles. The average Bonchev–Trinajstić information content (AvgIpc) is 2.35. The molecule has 19 heavy (non-hydrogen) atoms. The third kappa shape index (κ3) is 3.05. The number of benzene rings is 1. The van der Waals surface area contributed by atoms with Crippen molar-refractivity contribution in [1.82, 2.24) is 4.98 Å². The van der Waals surface area contributed by atoms with Gasteiger partial charge in [-0.15, -0.1) is 0 Å². The fourth-order valence-corrected chi connectivity index (χ4v) is 1.77. The van der Waals surface area contributed by atoms with Gasteiger partial charge < -0.3 is 4.74 Å². The molecule has 1 heterocycles. The van der Waals surface area contributed by atoms with E-state index in [2.05, 4.69) is 4.98 Å². The van der Waals surface area contributed by atoms with Crippen molar-refractivity contribution in [2.24, 2.45) is 0 Å². The van der Waals surface area contributed by atoms with Gasteiger partial charge in [-0.3, -0.25) is 4.98 Å². The van der Waals surface area contributed by atoms with E-state index in [4.69, 9.17) is 4.74 Å². The normalized spacial score (nSPS) is 12.4. The van der Waals surface area contributed by atoms with Gasteiger partial charge in [-0.05, 0) is 38.1 Å². The van der Waals surface area contributed by atoms with Crippen LogP contribution in [0, 0.1) is 12.7 Å². The zero-order chi connectivity index (χ0) is 14.0. The highest BCUT2D eigenvalue weighted by molar-refractivity contribution is 6.03. The molecule has 0 aliphatic heterocycles. The largest absolute Gasteiger partial charge is 0.459 e. The molecular formula is C14H13F2NO2. The minimum atomic E-state index is -1.24. The maximum absolute atomic E-state index is 13.3. The summed E-state index contributed by atoms with van der Waals surface area (Å²) in [5, 5.41) is 0.363. The van der Waals surface area contributed by atoms with E-state index in [9.17, 15) is 13.6 Å². The highest BCUT2D eigenvalue weighted by Gasteiger charge is 2.15. The molecule has 0 saturated heterocycles. The highest BCUT2D eigenvalue weighted by atomic mass is 19.1. The second-order valence-electron chi connectivity index (χ2n) is 4.35. The van der Waals surface area contributed by atoms with Crippen LogP contribution < -0.4 is 0 Å². The first-order valence-corrected chi connectivity index (χ1v) is 5.85. The van der Waals surface area contributed by atoms with Crippen molar-refractivity contribution in [3.8, 4) is 0 Å². The predicted molar refractivity (Wildman–Crippen MR) is 67.3 cm³/mol. The summed E-state index contributed by atoms with van der Waals surface area (Å²) < 4.78 is 30.8. The molecule has 1 unspecified atom stereocenters. The summed E-state index contributed by atoms with van der Waals surface area (Å²) >= 11 is 0. The number of carbonyl (C=O) groups is 1. The zero-order valence-electron chi connectivity index (χ0n) is 10.6. The monoisotopic (exact) mass is 265 g/mol. The van der Waals surface area contributed by atoms with Crippen LogP contribution >= 0.6 is 0 Å². The van der Waals surface area contributed by atoms with Gasteiger partial charge in [0.05, 0.1) is 11.1 Å². The zero-order valence-corrected chi connectivity index (χ0v) is 10.6. The van der Waals surface area contributed by atoms with Gasteiger partial charge >= 0.3 is 5.97 Å². The number of carbonyl (C=O) groups excluding carboxylic acids is 1. The third-order valence-electron chi connectivity index (χ3n) is 2.56. The smallest absolute Gasteiger partial charge is 0.338 e. The molecule has 0 N–H and O–H groups in total. The molecule has 1 aromatic heterocycles. The number of aromatic nitrogens is 1. The van der Waals surface area contributed by atoms with Crippen LogP contribution in [0.1, 0.15) is 23.0 Å². The molecule has 0 bridgehead atoms. The number of hydrogen-bond acceptors (Lipinski definition) is 3. The lowest BCUT2D eigenvalue weighted by Crippen LogP contribution is -2.13. The van der Waals surface area contributed by atoms with Gasteiger partial charge in [-0.25, -0.2) is 13.6 Å². The predicted octanol–water partition coefficient (Wildman–Crippen LogP) is 3.20. The van der Waals surface area contributed by atoms with E-state index >= 15 is 0 Å². The van der Waals surface area contributed by atoms with Crippen molar-refractivity contribution < 1.29 is 18.3 Å². The van der Waals surface area contributed by atoms with E-state index < -0.39 is 18.0 Å². The second-order valence-corrected chi connectivity index (χ2v) is 4.35. The fraction of sp³-hybridized carbons (Fsp3) is 0.286. The molecule has 0 fully saturated rings. The van der Waals surface area contributed by atoms with Gasteiger partial charge in [0.15, 0.2) is 0 Å². The van der Waals surface area contributed by atoms with Gasteiger partial charge in [-0.2, -0.15) is 0 Å². The molecule has 5 heteroatoms. The molecule has 0 aliphatic rings. The maximum Gasteiger partial charge on any atom is 0.338 e. The molecule has 0 amide bonds. The van der Waals surface area contributed by atoms with E-state index in [-0.39, 0.29) is 12.2 Å². The van der Waals surface area contributed by atoms with Gasteiger partial charge in [0.25, 0.3) is 0 Å². The van der Waals surface area contributed by atoms with Crippen LogP contribution in [0.3, 0.4) is 0 Å². The summed E-state index contributed by atoms with van der Waals surface area (Å²) in [5.74, 6) is -1.14. The van der Waals surface area contributed by atoms with Crippen LogP contribution in [0.4, 0.5) is 8.78 Å². The minimum Gasteiger partial charge on any atom is -0.459 e. The quantitative estimate of drug-likeness (QED) is 0.800. The van der Waals surface area contributed by atoms with Crippen molar-refractivity contribution in [1.29, 1.82) is 0 Å². The van der Waals surface area contributed by atoms with Crippen LogP contribution in [0.25, 0.3) is 10.9 Å². The summed E-state index contributed by atoms with van der Waals surface area (Å²) in [6, 6.07) is 5.49. The summed E-state index contributed by atoms with van der Waals surface area (Å²) in [6.07, 6.45) is -1.24. The van der Waals surface area contributed by atoms with Gasteiger partial charge in [-0.1, -0.05) is 0 Å². The number of esters is 1. The Morgan fingerprint density at radius 1 is 1.42 bits per heavy atom. The van der Waals surface area contributed by atoms with Crippen molar-refractivity contribution in [2.75, 3.05) is 6.61 Å². The Bertz CT molecular complexity index is 626. The number of fused-ring (bicyclic) bond motifs is 1. The SMILES string of the molecule is Cc1cc(C(=O)OCC(C)F)c2cc(F)ccc2n1. The van der Waals surface area contributed by atoms with Gasteiger partial charge in [0, 0.05) is 11.1 Å². The molecule has 0 aliphatic carbocycles. The van der Waals surface area contributed by atoms with E-state index in [1.165, 1.54) is 31.2 Å². The number of ether oxygens (including phenoxy) is 1. The van der Waals surface area contributed by atoms with Gasteiger partial charge in [0.2, 0.25) is 0 Å². The number of nitrogens with zero attached hydrogens (tertiary/aromatic N) is 1. The van der Waals surface area contributed by atoms with Crippen LogP contribution in [-0.4, -0.2) is 23.7 Å². The Hall–Kier alpha value is -2.04. The molecule has 0 spiro atoms. The number of rotatable bonds is 3. The first kappa shape index (κ1) is 13.4. The maximum atomic E-state index is 13.3. The van der Waals surface area contributed by atoms with Crippen LogP contribution in [-0.2, 0) is 4.74 Å². The lowest BCUT2D eigenvalue weighted by Gasteiger charge is -2.09. The second kappa shape index (κ2) is 5.30. The minimum absolute atomic E-state index is 0.197. The molecule has 2 rings (SSSR count). The first-order chi connectivity index (χ1) is 8.97. The number of aryl methyl sites for hydroxylation is 1. The average molecular weight is 265 g/mol. The summed E-state index contributed by atoms with van der Waals surface area (Å²) in [6.45, 7) is 2.69. The highest BCUT2D eigenvalue weighted by Crippen LogP contribution is 2.20. The Morgan fingerprint density at radius 2 is 2.16 bits per heavy atom. The molecular weight excluding hydrogens is 252 g/mol. The molecule has 2 aromatic rings. The fourth-order valence-electron chi connectivity index (χ4n) is 1.77. The van der Waals surface area contributed by atoms with E-state index in [1.807, 2.05) is 0 Å². The molecule has 1 atom stereocenters. The molecule has 0 saturated carbocycles. The van der Waals surface area contributed by atoms with Crippen LogP contribution in [0.5, 0.6) is 0 Å². The van der Waals surface area contributed by atoms with Crippen molar-refractivity contribution in [2.45, 2.75) is 20.0 Å². The molecule has 100 valence electrons. The number of pyridine rings is 1. The topological polar surface area (TPSA) is 39.2 Å². The Labute approximate surface area is 109 Å². The van der Waals surface area contributed by atoms with Crippen LogP contribution in [0.2, 0.25) is 0 Å². The van der Waals surface area contributed by atoms with Crippen molar-refractivity contribution in [3.05, 3.63) is 41.3 Å². The van der Waals surface area contributed by atoms with Crippen molar-refractivity contribution in [3.63, 3.8) is 0 Å². The van der Waals surface area contributed by atoms with Gasteiger partial charge in [0.1, 0.15) is 18.6 Å². The first-order valence-electron chi connectivity index (χ1n) is 5.85. The number of alkyl halides is 1. The van der Waals surface area contributed by atoms with Crippen LogP contribution in [0.15, 0.2) is 24.3 Å². The summed E-state index contributed by atoms with van der Waals surface area (Å²) in [7, 11) is 0. The number of hydrogen-bond donors (Lipinski definition) is 0. The lowest BCUT2D eigenvalue weighted by molar-refractivity contribution is 0.0418. The molecule has 0 radical (unpaired) electrons. The number of halogens is 2. The lowest BCUT2D eigenvalue weighted by atomic mass is 10.1. The molecule has 3 nitrogen and oxygen atoms in total. The van der Waals surface area contributed by atoms with E-state index in [0.717, 1.165) is 0 Å². The van der Waals surface area contributed by atoms with Crippen molar-refractivity contribution >= 4 is 16.9 Å². The van der Waals surface area contributed by atoms with E-state index in [0.29, 0.717) is 16.6 Å². The Balaban J connectivity index is 2.46. The summed E-state index contributed by atoms with van der Waals surface area (Å²) in [4.78, 5) is 16.1. The van der Waals surface area contributed by atoms with E-state index in [1.54, 1.807) is 6.92 Å². The standard InChI is InChI=1S/C14H13F2NO2/c1-8(15)7-19-14(18)12-5-9(2)17-13-4-3-10(16)6-11(12)13/h3-6,8H,7H2,1-2H3. The Kier molecular flexibility index (Phi) is 3.74. The third-order valence-corrected chi connectivity index (χ3v) is 2.56. The summed E-state index contributed by atoms with van der Waals surface area (Å²) in [5.41, 5.74) is 1.31.